The maximum Gasteiger partial charge on any atom is 0.310 e. The quantitative estimate of drug-likeness (QED) is 0.131. The van der Waals surface area contributed by atoms with Gasteiger partial charge in [-0.2, -0.15) is 0 Å². The molecule has 0 heterocycles. The zero-order valence-corrected chi connectivity index (χ0v) is 23.6. The summed E-state index contributed by atoms with van der Waals surface area (Å²) in [5.41, 5.74) is 0. The molecule has 0 spiro atoms. The SMILES string of the molecule is O=C(O)C1CCC([N+](=O)[O-])CC1C(=O)OC1CCC(OC2CCC(OOCC3CCC(O)CC3COO)CC2)CC1. The zero-order valence-electron chi connectivity index (χ0n) is 23.6. The summed E-state index contributed by atoms with van der Waals surface area (Å²) in [4.78, 5) is 50.8. The Bertz CT molecular complexity index is 857. The average Bonchev–Trinajstić information content (AvgIpc) is 2.96. The number of carbonyl (C=O) groups excluding carboxylic acids is 1. The summed E-state index contributed by atoms with van der Waals surface area (Å²) in [5, 5.41) is 39.4. The van der Waals surface area contributed by atoms with Crippen LogP contribution in [0.2, 0.25) is 0 Å². The fourth-order valence-electron chi connectivity index (χ4n) is 7.01. The molecular weight excluding hydrogens is 542 g/mol. The Labute approximate surface area is 239 Å². The van der Waals surface area contributed by atoms with Gasteiger partial charge in [-0.05, 0) is 88.9 Å². The number of rotatable bonds is 12. The van der Waals surface area contributed by atoms with Crippen molar-refractivity contribution in [2.24, 2.45) is 23.7 Å². The van der Waals surface area contributed by atoms with E-state index in [4.69, 9.17) is 24.5 Å². The van der Waals surface area contributed by atoms with Crippen molar-refractivity contribution in [1.29, 1.82) is 0 Å². The topological polar surface area (TPSA) is 184 Å². The number of aliphatic hydroxyl groups is 1. The maximum atomic E-state index is 12.8. The second-order valence-electron chi connectivity index (χ2n) is 12.3. The van der Waals surface area contributed by atoms with Crippen LogP contribution in [0.1, 0.15) is 89.9 Å². The molecule has 6 unspecified atom stereocenters. The molecule has 4 fully saturated rings. The number of hydrogen-bond acceptors (Lipinski definition) is 11. The lowest BCUT2D eigenvalue weighted by atomic mass is 9.77. The van der Waals surface area contributed by atoms with Gasteiger partial charge in [0.05, 0.1) is 49.5 Å². The van der Waals surface area contributed by atoms with Gasteiger partial charge in [0.25, 0.3) is 0 Å². The van der Waals surface area contributed by atoms with Crippen LogP contribution in [0, 0.1) is 33.8 Å². The Morgan fingerprint density at radius 3 is 2.00 bits per heavy atom. The first-order valence-corrected chi connectivity index (χ1v) is 15.2. The number of ether oxygens (including phenoxy) is 2. The fraction of sp³-hybridized carbons (Fsp3) is 0.929. The summed E-state index contributed by atoms with van der Waals surface area (Å²) in [6.07, 6.45) is 7.80. The summed E-state index contributed by atoms with van der Waals surface area (Å²) in [7, 11) is 0. The van der Waals surface area contributed by atoms with Crippen LogP contribution in [0.25, 0.3) is 0 Å². The minimum absolute atomic E-state index is 0.00366. The summed E-state index contributed by atoms with van der Waals surface area (Å²) >= 11 is 0. The highest BCUT2D eigenvalue weighted by Gasteiger charge is 2.45. The van der Waals surface area contributed by atoms with Crippen LogP contribution in [0.4, 0.5) is 0 Å². The fourth-order valence-corrected chi connectivity index (χ4v) is 7.01. The Kier molecular flexibility index (Phi) is 12.1. The van der Waals surface area contributed by atoms with E-state index in [2.05, 4.69) is 4.89 Å². The van der Waals surface area contributed by atoms with Gasteiger partial charge in [0.1, 0.15) is 6.10 Å². The lowest BCUT2D eigenvalue weighted by molar-refractivity contribution is -0.528. The monoisotopic (exact) mass is 587 g/mol. The van der Waals surface area contributed by atoms with Crippen LogP contribution in [-0.4, -0.2) is 82.1 Å². The molecular formula is C28H45NO12. The molecule has 234 valence electrons. The molecule has 0 amide bonds. The average molecular weight is 588 g/mol. The summed E-state index contributed by atoms with van der Waals surface area (Å²) in [5.74, 6) is -3.47. The van der Waals surface area contributed by atoms with E-state index in [9.17, 15) is 29.9 Å². The molecule has 13 heteroatoms. The predicted octanol–water partition coefficient (Wildman–Crippen LogP) is 3.53. The molecule has 13 nitrogen and oxygen atoms in total. The van der Waals surface area contributed by atoms with Crippen molar-refractivity contribution in [1.82, 2.24) is 0 Å². The molecule has 6 atom stereocenters. The highest BCUT2D eigenvalue weighted by atomic mass is 17.2. The van der Waals surface area contributed by atoms with Gasteiger partial charge in [-0.3, -0.25) is 25.0 Å². The van der Waals surface area contributed by atoms with Crippen LogP contribution >= 0.6 is 0 Å². The molecule has 4 aliphatic rings. The van der Waals surface area contributed by atoms with Crippen molar-refractivity contribution < 1.29 is 54.1 Å². The molecule has 0 radical (unpaired) electrons. The highest BCUT2D eigenvalue weighted by Crippen LogP contribution is 2.35. The van der Waals surface area contributed by atoms with Gasteiger partial charge < -0.3 is 19.7 Å². The van der Waals surface area contributed by atoms with Crippen LogP contribution in [0.3, 0.4) is 0 Å². The number of hydrogen-bond donors (Lipinski definition) is 3. The number of carboxylic acids is 1. The number of nitrogens with zero attached hydrogens (tertiary/aromatic N) is 1. The molecule has 0 saturated heterocycles. The van der Waals surface area contributed by atoms with Crippen LogP contribution in [0.5, 0.6) is 0 Å². The molecule has 3 N–H and O–H groups in total. The van der Waals surface area contributed by atoms with Crippen LogP contribution in [0.15, 0.2) is 0 Å². The highest BCUT2D eigenvalue weighted by molar-refractivity contribution is 5.81. The number of aliphatic hydroxyl groups excluding tert-OH is 1. The summed E-state index contributed by atoms with van der Waals surface area (Å²) < 4.78 is 12.0. The largest absolute Gasteiger partial charge is 0.481 e. The molecule has 0 aromatic heterocycles. The molecule has 0 aromatic carbocycles. The van der Waals surface area contributed by atoms with Crippen molar-refractivity contribution in [2.75, 3.05) is 13.2 Å². The van der Waals surface area contributed by atoms with Gasteiger partial charge in [-0.15, -0.1) is 0 Å². The van der Waals surface area contributed by atoms with E-state index < -0.39 is 34.7 Å². The molecule has 4 saturated carbocycles. The third-order valence-electron chi connectivity index (χ3n) is 9.54. The zero-order chi connectivity index (χ0) is 29.4. The molecule has 41 heavy (non-hydrogen) atoms. The van der Waals surface area contributed by atoms with Crippen molar-refractivity contribution in [3.05, 3.63) is 10.1 Å². The lowest BCUT2D eigenvalue weighted by Crippen LogP contribution is -2.42. The Morgan fingerprint density at radius 1 is 0.756 bits per heavy atom. The van der Waals surface area contributed by atoms with E-state index in [0.717, 1.165) is 44.9 Å². The first kappa shape index (κ1) is 32.0. The third-order valence-corrected chi connectivity index (χ3v) is 9.54. The molecule has 0 bridgehead atoms. The van der Waals surface area contributed by atoms with Crippen molar-refractivity contribution in [3.8, 4) is 0 Å². The van der Waals surface area contributed by atoms with Crippen molar-refractivity contribution in [2.45, 2.75) is 126 Å². The molecule has 0 aliphatic heterocycles. The van der Waals surface area contributed by atoms with Gasteiger partial charge in [0, 0.05) is 17.8 Å². The molecule has 4 aliphatic carbocycles. The van der Waals surface area contributed by atoms with Gasteiger partial charge in [-0.25, -0.2) is 14.7 Å². The number of carboxylic acid groups (broad SMARTS) is 1. The van der Waals surface area contributed by atoms with Crippen LogP contribution in [-0.2, 0) is 33.7 Å². The van der Waals surface area contributed by atoms with Gasteiger partial charge in [0.2, 0.25) is 6.04 Å². The maximum absolute atomic E-state index is 12.8. The predicted molar refractivity (Wildman–Crippen MR) is 141 cm³/mol. The van der Waals surface area contributed by atoms with Crippen LogP contribution < -0.4 is 0 Å². The third kappa shape index (κ3) is 9.29. The first-order valence-electron chi connectivity index (χ1n) is 15.2. The number of aliphatic carboxylic acids is 1. The van der Waals surface area contributed by atoms with E-state index in [1.54, 1.807) is 0 Å². The number of nitro groups is 1. The van der Waals surface area contributed by atoms with Gasteiger partial charge >= 0.3 is 11.9 Å². The van der Waals surface area contributed by atoms with E-state index in [1.807, 2.05) is 0 Å². The van der Waals surface area contributed by atoms with Gasteiger partial charge in [0.15, 0.2) is 0 Å². The minimum atomic E-state index is -1.11. The van der Waals surface area contributed by atoms with Gasteiger partial charge in [-0.1, -0.05) is 0 Å². The smallest absolute Gasteiger partial charge is 0.310 e. The van der Waals surface area contributed by atoms with E-state index in [-0.39, 0.29) is 68.2 Å². The molecule has 4 rings (SSSR count). The second-order valence-corrected chi connectivity index (χ2v) is 12.3. The van der Waals surface area contributed by atoms with E-state index >= 15 is 0 Å². The summed E-state index contributed by atoms with van der Waals surface area (Å²) in [6, 6.07) is -0.912. The van der Waals surface area contributed by atoms with Crippen molar-refractivity contribution in [3.63, 3.8) is 0 Å². The normalized spacial score (nSPS) is 38.2. The number of esters is 1. The minimum Gasteiger partial charge on any atom is -0.481 e. The van der Waals surface area contributed by atoms with E-state index in [0.29, 0.717) is 32.3 Å². The Hall–Kier alpha value is -1.90. The Morgan fingerprint density at radius 2 is 1.39 bits per heavy atom. The Balaban J connectivity index is 1.11. The number of carbonyl (C=O) groups is 2. The molecule has 0 aromatic rings. The van der Waals surface area contributed by atoms with E-state index in [1.165, 1.54) is 0 Å². The first-order chi connectivity index (χ1) is 19.7. The summed E-state index contributed by atoms with van der Waals surface area (Å²) in [6.45, 7) is 0.576. The second kappa shape index (κ2) is 15.5. The standard InChI is InChI=1S/C28H45NO12/c30-20-3-1-17(18(13-20)15-37-36)16-38-41-24-10-8-22(9-11-24)39-21-4-6-23(7-5-21)40-28(33)26-14-19(29(34)35)2-12-25(26)27(31)32/h17-26,30,36H,1-16H2,(H,31,32). The lowest BCUT2D eigenvalue weighted by Gasteiger charge is -2.35. The van der Waals surface area contributed by atoms with Crippen molar-refractivity contribution >= 4 is 11.9 Å².